The van der Waals surface area contributed by atoms with E-state index in [2.05, 4.69) is 11.3 Å². The third kappa shape index (κ3) is 3.98. The van der Waals surface area contributed by atoms with Gasteiger partial charge in [0.15, 0.2) is 0 Å². The first kappa shape index (κ1) is 29.0. The standard InChI is InChI=1S/C12H5F17O2/c1-2-3-4(30)31-12(28,29)10(23,24)8(19,20)6(15,16)5(13,14)7(17,18)9(21,22)11(25,26)27/h2H,1,3H2. The predicted molar refractivity (Wildman–Crippen MR) is 61.6 cm³/mol. The molecule has 0 aliphatic carbocycles. The van der Waals surface area contributed by atoms with Crippen molar-refractivity contribution in [3.8, 4) is 0 Å². The van der Waals surface area contributed by atoms with Gasteiger partial charge in [-0.05, 0) is 0 Å². The number of alkyl halides is 17. The normalized spacial score (nSPS) is 15.6. The minimum Gasteiger partial charge on any atom is -0.396 e. The number of carbonyl (C=O) groups is 1. The number of carbonyl (C=O) groups excluding carboxylic acids is 1. The smallest absolute Gasteiger partial charge is 0.396 e. The zero-order valence-corrected chi connectivity index (χ0v) is 13.7. The topological polar surface area (TPSA) is 26.3 Å². The second kappa shape index (κ2) is 7.56. The van der Waals surface area contributed by atoms with Gasteiger partial charge in [0.1, 0.15) is 0 Å². The van der Waals surface area contributed by atoms with Crippen LogP contribution in [0.2, 0.25) is 0 Å². The SMILES string of the molecule is C=CCC(=O)OC(F)(F)C(F)(F)C(F)(F)C(F)(F)C(F)(F)C(F)(F)C(F)(F)C(F)(F)F. The van der Waals surface area contributed by atoms with Crippen LogP contribution in [0.1, 0.15) is 6.42 Å². The highest BCUT2D eigenvalue weighted by atomic mass is 19.4. The van der Waals surface area contributed by atoms with Crippen LogP contribution in [0.15, 0.2) is 12.7 Å². The van der Waals surface area contributed by atoms with Gasteiger partial charge in [-0.3, -0.25) is 4.79 Å². The Balaban J connectivity index is 6.62. The van der Waals surface area contributed by atoms with E-state index in [9.17, 15) is 79.4 Å². The molecule has 0 radical (unpaired) electrons. The van der Waals surface area contributed by atoms with Crippen molar-refractivity contribution in [1.82, 2.24) is 0 Å². The van der Waals surface area contributed by atoms with E-state index in [1.165, 1.54) is 0 Å². The van der Waals surface area contributed by atoms with E-state index in [0.717, 1.165) is 0 Å². The minimum absolute atomic E-state index is 0.289. The van der Waals surface area contributed by atoms with Crippen molar-refractivity contribution < 1.29 is 84.2 Å². The molecular formula is C12H5F17O2. The lowest BCUT2D eigenvalue weighted by atomic mass is 9.90. The number of rotatable bonds is 9. The van der Waals surface area contributed by atoms with Crippen molar-refractivity contribution in [1.29, 1.82) is 0 Å². The summed E-state index contributed by atoms with van der Waals surface area (Å²) in [7, 11) is 0. The Morgan fingerprint density at radius 1 is 0.581 bits per heavy atom. The van der Waals surface area contributed by atoms with Crippen LogP contribution in [-0.4, -0.2) is 53.8 Å². The van der Waals surface area contributed by atoms with Crippen molar-refractivity contribution in [2.45, 2.75) is 54.2 Å². The highest BCUT2D eigenvalue weighted by molar-refractivity contribution is 5.71. The molecule has 0 saturated heterocycles. The lowest BCUT2D eigenvalue weighted by Crippen LogP contribution is -2.74. The maximum Gasteiger partial charge on any atom is 0.473 e. The molecule has 0 unspecified atom stereocenters. The summed E-state index contributed by atoms with van der Waals surface area (Å²) in [6, 6.07) is 0. The number of hydrogen-bond acceptors (Lipinski definition) is 2. The monoisotopic (exact) mass is 504 g/mol. The van der Waals surface area contributed by atoms with Gasteiger partial charge in [-0.25, -0.2) is 0 Å². The summed E-state index contributed by atoms with van der Waals surface area (Å²) in [4.78, 5) is 10.6. The zero-order chi connectivity index (χ0) is 25.7. The summed E-state index contributed by atoms with van der Waals surface area (Å²) in [6.07, 6.45) is -16.2. The van der Waals surface area contributed by atoms with Crippen LogP contribution in [-0.2, 0) is 9.53 Å². The van der Waals surface area contributed by atoms with E-state index in [1.54, 1.807) is 0 Å². The van der Waals surface area contributed by atoms with E-state index < -0.39 is 60.2 Å². The quantitative estimate of drug-likeness (QED) is 0.217. The van der Waals surface area contributed by atoms with Crippen LogP contribution in [0.4, 0.5) is 74.6 Å². The molecule has 0 amide bonds. The Morgan fingerprint density at radius 3 is 1.16 bits per heavy atom. The van der Waals surface area contributed by atoms with Crippen LogP contribution < -0.4 is 0 Å². The van der Waals surface area contributed by atoms with Crippen LogP contribution in [0.25, 0.3) is 0 Å². The second-order valence-electron chi connectivity index (χ2n) is 5.43. The molecule has 0 atom stereocenters. The summed E-state index contributed by atoms with van der Waals surface area (Å²) >= 11 is 0. The van der Waals surface area contributed by atoms with Gasteiger partial charge >= 0.3 is 53.8 Å². The Hall–Kier alpha value is -1.98. The van der Waals surface area contributed by atoms with Crippen LogP contribution >= 0.6 is 0 Å². The molecule has 31 heavy (non-hydrogen) atoms. The molecule has 0 aromatic rings. The number of halogens is 17. The fourth-order valence-corrected chi connectivity index (χ4v) is 1.52. The minimum atomic E-state index is -8.73. The second-order valence-corrected chi connectivity index (χ2v) is 5.43. The lowest BCUT2D eigenvalue weighted by Gasteiger charge is -2.42. The Bertz CT molecular complexity index is 690. The van der Waals surface area contributed by atoms with E-state index in [0.29, 0.717) is 0 Å². The molecule has 0 aliphatic heterocycles. The molecule has 0 fully saturated rings. The number of esters is 1. The Morgan fingerprint density at radius 2 is 0.871 bits per heavy atom. The number of ether oxygens (including phenoxy) is 1. The van der Waals surface area contributed by atoms with Gasteiger partial charge in [-0.1, -0.05) is 6.08 Å². The molecule has 0 spiro atoms. The average Bonchev–Trinajstić information content (AvgIpc) is 2.52. The first-order chi connectivity index (χ1) is 13.2. The van der Waals surface area contributed by atoms with Gasteiger partial charge in [-0.15, -0.1) is 6.58 Å². The lowest BCUT2D eigenvalue weighted by molar-refractivity contribution is -0.474. The highest BCUT2D eigenvalue weighted by Crippen LogP contribution is 2.64. The van der Waals surface area contributed by atoms with Crippen LogP contribution in [0.5, 0.6) is 0 Å². The molecule has 0 aromatic heterocycles. The summed E-state index contributed by atoms with van der Waals surface area (Å²) in [5.74, 6) is -53.4. The molecule has 0 heterocycles. The largest absolute Gasteiger partial charge is 0.473 e. The highest BCUT2D eigenvalue weighted by Gasteiger charge is 2.95. The van der Waals surface area contributed by atoms with Gasteiger partial charge in [0.25, 0.3) is 0 Å². The Labute approximate surface area is 158 Å². The Kier molecular flexibility index (Phi) is 7.08. The maximum atomic E-state index is 13.3. The summed E-state index contributed by atoms with van der Waals surface area (Å²) in [5, 5.41) is 0. The third-order valence-corrected chi connectivity index (χ3v) is 3.25. The molecule has 19 heteroatoms. The van der Waals surface area contributed by atoms with Crippen LogP contribution in [0, 0.1) is 0 Å². The summed E-state index contributed by atoms with van der Waals surface area (Å²) in [5.41, 5.74) is 0. The summed E-state index contributed by atoms with van der Waals surface area (Å²) in [6.45, 7) is 2.64. The van der Waals surface area contributed by atoms with E-state index in [1.807, 2.05) is 0 Å². The summed E-state index contributed by atoms with van der Waals surface area (Å²) < 4.78 is 221. The molecule has 184 valence electrons. The van der Waals surface area contributed by atoms with E-state index in [4.69, 9.17) is 0 Å². The van der Waals surface area contributed by atoms with E-state index >= 15 is 0 Å². The third-order valence-electron chi connectivity index (χ3n) is 3.25. The van der Waals surface area contributed by atoms with E-state index in [-0.39, 0.29) is 6.08 Å². The molecule has 0 aliphatic rings. The fraction of sp³-hybridized carbons (Fsp3) is 0.750. The predicted octanol–water partition coefficient (Wildman–Crippen LogP) is 6.07. The average molecular weight is 504 g/mol. The van der Waals surface area contributed by atoms with Gasteiger partial charge in [-0.2, -0.15) is 74.6 Å². The van der Waals surface area contributed by atoms with Crippen molar-refractivity contribution in [2.24, 2.45) is 0 Å². The van der Waals surface area contributed by atoms with Gasteiger partial charge in [0, 0.05) is 0 Å². The van der Waals surface area contributed by atoms with Crippen molar-refractivity contribution in [2.75, 3.05) is 0 Å². The van der Waals surface area contributed by atoms with Gasteiger partial charge < -0.3 is 4.74 Å². The number of hydrogen-bond donors (Lipinski definition) is 0. The molecule has 0 aromatic carbocycles. The molecule has 0 rings (SSSR count). The molecule has 2 nitrogen and oxygen atoms in total. The molecule has 0 bridgehead atoms. The molecular weight excluding hydrogens is 499 g/mol. The van der Waals surface area contributed by atoms with Crippen molar-refractivity contribution in [3.05, 3.63) is 12.7 Å². The van der Waals surface area contributed by atoms with Gasteiger partial charge in [0.2, 0.25) is 0 Å². The zero-order valence-electron chi connectivity index (χ0n) is 13.7. The van der Waals surface area contributed by atoms with Crippen molar-refractivity contribution in [3.63, 3.8) is 0 Å². The first-order valence-electron chi connectivity index (χ1n) is 6.75. The fourth-order valence-electron chi connectivity index (χ4n) is 1.52. The van der Waals surface area contributed by atoms with Crippen LogP contribution in [0.3, 0.4) is 0 Å². The van der Waals surface area contributed by atoms with Gasteiger partial charge in [0.05, 0.1) is 6.42 Å². The molecule has 0 saturated carbocycles. The first-order valence-corrected chi connectivity index (χ1v) is 6.75. The van der Waals surface area contributed by atoms with Crippen molar-refractivity contribution >= 4 is 5.97 Å². The molecule has 0 N–H and O–H groups in total. The maximum absolute atomic E-state index is 13.3.